The highest BCUT2D eigenvalue weighted by Gasteiger charge is 2.40. The molecule has 4 heteroatoms. The van der Waals surface area contributed by atoms with E-state index in [9.17, 15) is 4.79 Å². The van der Waals surface area contributed by atoms with Crippen molar-refractivity contribution in [2.75, 3.05) is 13.2 Å². The minimum absolute atomic E-state index is 0.227. The third-order valence-corrected chi connectivity index (χ3v) is 4.66. The minimum atomic E-state index is -0.763. The summed E-state index contributed by atoms with van der Waals surface area (Å²) in [6, 6.07) is 13.8. The van der Waals surface area contributed by atoms with Gasteiger partial charge in [-0.3, -0.25) is 4.79 Å². The lowest BCUT2D eigenvalue weighted by atomic mass is 9.76. The van der Waals surface area contributed by atoms with Gasteiger partial charge in [-0.15, -0.1) is 11.3 Å². The summed E-state index contributed by atoms with van der Waals surface area (Å²) < 4.78 is 5.31. The number of nitrogens with two attached hydrogens (primary N) is 1. The van der Waals surface area contributed by atoms with E-state index in [4.69, 9.17) is 10.5 Å². The molecule has 1 aromatic heterocycles. The Morgan fingerprint density at radius 2 is 2.00 bits per heavy atom. The molecule has 1 unspecified atom stereocenters. The van der Waals surface area contributed by atoms with Gasteiger partial charge in [-0.05, 0) is 36.8 Å². The molecule has 0 radical (unpaired) electrons. The third kappa shape index (κ3) is 3.52. The first kappa shape index (κ1) is 15.7. The first-order valence-electron chi connectivity index (χ1n) is 7.18. The SMILES string of the molecule is CCOC(=O)C(CN)(CCc1cccs1)c1ccccc1. The molecule has 0 amide bonds. The van der Waals surface area contributed by atoms with E-state index in [1.165, 1.54) is 4.88 Å². The van der Waals surface area contributed by atoms with Crippen LogP contribution in [0.4, 0.5) is 0 Å². The van der Waals surface area contributed by atoms with Gasteiger partial charge in [0.05, 0.1) is 6.61 Å². The number of benzene rings is 1. The number of rotatable bonds is 7. The Morgan fingerprint density at radius 3 is 2.57 bits per heavy atom. The summed E-state index contributed by atoms with van der Waals surface area (Å²) in [6.07, 6.45) is 1.48. The maximum atomic E-state index is 12.6. The molecule has 0 bridgehead atoms. The summed E-state index contributed by atoms with van der Waals surface area (Å²) in [5.74, 6) is -0.227. The van der Waals surface area contributed by atoms with Crippen LogP contribution in [-0.2, 0) is 21.4 Å². The van der Waals surface area contributed by atoms with E-state index in [0.717, 1.165) is 12.0 Å². The number of ether oxygens (including phenoxy) is 1. The van der Waals surface area contributed by atoms with Gasteiger partial charge in [-0.25, -0.2) is 0 Å². The summed E-state index contributed by atoms with van der Waals surface area (Å²) >= 11 is 1.70. The fourth-order valence-corrected chi connectivity index (χ4v) is 3.19. The summed E-state index contributed by atoms with van der Waals surface area (Å²) in [5.41, 5.74) is 6.18. The van der Waals surface area contributed by atoms with E-state index in [2.05, 4.69) is 6.07 Å². The summed E-state index contributed by atoms with van der Waals surface area (Å²) in [6.45, 7) is 2.44. The van der Waals surface area contributed by atoms with E-state index in [0.29, 0.717) is 13.0 Å². The molecule has 0 saturated carbocycles. The average Bonchev–Trinajstić information content (AvgIpc) is 3.03. The quantitative estimate of drug-likeness (QED) is 0.800. The topological polar surface area (TPSA) is 52.3 Å². The van der Waals surface area contributed by atoms with Crippen LogP contribution in [0.15, 0.2) is 47.8 Å². The van der Waals surface area contributed by atoms with Gasteiger partial charge in [0.15, 0.2) is 0 Å². The zero-order valence-corrected chi connectivity index (χ0v) is 13.1. The fraction of sp³-hybridized carbons (Fsp3) is 0.353. The Balaban J connectivity index is 2.29. The van der Waals surface area contributed by atoms with Crippen LogP contribution < -0.4 is 5.73 Å². The Morgan fingerprint density at radius 1 is 1.24 bits per heavy atom. The molecule has 112 valence electrons. The lowest BCUT2D eigenvalue weighted by Crippen LogP contribution is -2.44. The molecule has 0 saturated heterocycles. The van der Waals surface area contributed by atoms with Crippen molar-refractivity contribution >= 4 is 17.3 Å². The predicted molar refractivity (Wildman–Crippen MR) is 86.4 cm³/mol. The second-order valence-corrected chi connectivity index (χ2v) is 5.98. The van der Waals surface area contributed by atoms with Crippen molar-refractivity contribution in [3.05, 3.63) is 58.3 Å². The molecule has 2 N–H and O–H groups in total. The lowest BCUT2D eigenvalue weighted by Gasteiger charge is -2.30. The van der Waals surface area contributed by atoms with E-state index >= 15 is 0 Å². The van der Waals surface area contributed by atoms with Crippen LogP contribution in [0.1, 0.15) is 23.8 Å². The summed E-state index contributed by atoms with van der Waals surface area (Å²) in [4.78, 5) is 13.8. The maximum absolute atomic E-state index is 12.6. The number of esters is 1. The minimum Gasteiger partial charge on any atom is -0.465 e. The van der Waals surface area contributed by atoms with Crippen LogP contribution in [0.5, 0.6) is 0 Å². The third-order valence-electron chi connectivity index (χ3n) is 3.72. The van der Waals surface area contributed by atoms with Crippen molar-refractivity contribution in [2.24, 2.45) is 5.73 Å². The van der Waals surface area contributed by atoms with Crippen molar-refractivity contribution in [1.29, 1.82) is 0 Å². The summed E-state index contributed by atoms with van der Waals surface area (Å²) in [5, 5.41) is 2.05. The Hall–Kier alpha value is -1.65. The Labute approximate surface area is 129 Å². The van der Waals surface area contributed by atoms with Crippen LogP contribution in [0.2, 0.25) is 0 Å². The van der Waals surface area contributed by atoms with Gasteiger partial charge in [0, 0.05) is 11.4 Å². The Kier molecular flexibility index (Phi) is 5.53. The number of thiophene rings is 1. The molecule has 0 aliphatic heterocycles. The molecule has 0 aliphatic rings. The van der Waals surface area contributed by atoms with Crippen molar-refractivity contribution < 1.29 is 9.53 Å². The molecular weight excluding hydrogens is 282 g/mol. The van der Waals surface area contributed by atoms with E-state index in [1.807, 2.05) is 48.7 Å². The molecule has 3 nitrogen and oxygen atoms in total. The van der Waals surface area contributed by atoms with Crippen LogP contribution in [0.3, 0.4) is 0 Å². The molecule has 2 rings (SSSR count). The molecule has 21 heavy (non-hydrogen) atoms. The zero-order valence-electron chi connectivity index (χ0n) is 12.2. The normalized spacial score (nSPS) is 13.6. The van der Waals surface area contributed by atoms with Crippen molar-refractivity contribution in [2.45, 2.75) is 25.2 Å². The van der Waals surface area contributed by atoms with Crippen molar-refractivity contribution in [1.82, 2.24) is 0 Å². The highest BCUT2D eigenvalue weighted by molar-refractivity contribution is 7.09. The van der Waals surface area contributed by atoms with E-state index in [1.54, 1.807) is 11.3 Å². The van der Waals surface area contributed by atoms with E-state index in [-0.39, 0.29) is 12.5 Å². The molecular formula is C17H21NO2S. The number of hydrogen-bond acceptors (Lipinski definition) is 4. The second-order valence-electron chi connectivity index (χ2n) is 4.95. The number of aryl methyl sites for hydroxylation is 1. The van der Waals surface area contributed by atoms with E-state index < -0.39 is 5.41 Å². The van der Waals surface area contributed by atoms with Gasteiger partial charge in [0.25, 0.3) is 0 Å². The lowest BCUT2D eigenvalue weighted by molar-refractivity contribution is -0.150. The van der Waals surface area contributed by atoms with Gasteiger partial charge >= 0.3 is 5.97 Å². The first-order chi connectivity index (χ1) is 10.2. The molecule has 0 fully saturated rings. The monoisotopic (exact) mass is 303 g/mol. The van der Waals surface area contributed by atoms with Crippen LogP contribution in [0.25, 0.3) is 0 Å². The number of carbonyl (C=O) groups is 1. The molecule has 0 aliphatic carbocycles. The van der Waals surface area contributed by atoms with Crippen LogP contribution in [0, 0.1) is 0 Å². The number of hydrogen-bond donors (Lipinski definition) is 1. The van der Waals surface area contributed by atoms with Crippen LogP contribution >= 0.6 is 11.3 Å². The zero-order chi connectivity index (χ0) is 15.1. The number of carbonyl (C=O) groups excluding carboxylic acids is 1. The van der Waals surface area contributed by atoms with Gasteiger partial charge in [-0.1, -0.05) is 36.4 Å². The molecule has 2 aromatic rings. The highest BCUT2D eigenvalue weighted by Crippen LogP contribution is 2.31. The molecule has 1 atom stereocenters. The fourth-order valence-electron chi connectivity index (χ4n) is 2.49. The highest BCUT2D eigenvalue weighted by atomic mass is 32.1. The molecule has 1 heterocycles. The summed E-state index contributed by atoms with van der Waals surface area (Å²) in [7, 11) is 0. The Bertz CT molecular complexity index is 553. The standard InChI is InChI=1S/C17H21NO2S/c1-2-20-16(19)17(13-18,14-7-4-3-5-8-14)11-10-15-9-6-12-21-15/h3-9,12H,2,10-11,13,18H2,1H3. The van der Waals surface area contributed by atoms with Gasteiger partial charge in [0.1, 0.15) is 5.41 Å². The van der Waals surface area contributed by atoms with Gasteiger partial charge in [-0.2, -0.15) is 0 Å². The van der Waals surface area contributed by atoms with Crippen LogP contribution in [-0.4, -0.2) is 19.1 Å². The van der Waals surface area contributed by atoms with Gasteiger partial charge in [0.2, 0.25) is 0 Å². The van der Waals surface area contributed by atoms with Gasteiger partial charge < -0.3 is 10.5 Å². The largest absolute Gasteiger partial charge is 0.465 e. The molecule has 1 aromatic carbocycles. The van der Waals surface area contributed by atoms with Crippen molar-refractivity contribution in [3.8, 4) is 0 Å². The van der Waals surface area contributed by atoms with Crippen molar-refractivity contribution in [3.63, 3.8) is 0 Å². The second kappa shape index (κ2) is 7.38. The first-order valence-corrected chi connectivity index (χ1v) is 8.06. The average molecular weight is 303 g/mol. The smallest absolute Gasteiger partial charge is 0.317 e. The predicted octanol–water partition coefficient (Wildman–Crippen LogP) is 3.14. The maximum Gasteiger partial charge on any atom is 0.317 e. The molecule has 0 spiro atoms.